The highest BCUT2D eigenvalue weighted by molar-refractivity contribution is 7.90. The summed E-state index contributed by atoms with van der Waals surface area (Å²) in [6.45, 7) is 13.7. The highest BCUT2D eigenvalue weighted by atomic mass is 35.5. The lowest BCUT2D eigenvalue weighted by atomic mass is 9.63. The maximum absolute atomic E-state index is 13.4. The van der Waals surface area contributed by atoms with Gasteiger partial charge in [0.25, 0.3) is 5.91 Å². The van der Waals surface area contributed by atoms with Gasteiger partial charge in [-0.2, -0.15) is 0 Å². The zero-order valence-corrected chi connectivity index (χ0v) is 33.4. The van der Waals surface area contributed by atoms with Crippen molar-refractivity contribution in [2.24, 2.45) is 11.8 Å². The van der Waals surface area contributed by atoms with Crippen molar-refractivity contribution >= 4 is 33.2 Å². The Bertz CT molecular complexity index is 1790. The molecule has 3 fully saturated rings. The number of ether oxygens (including phenoxy) is 3. The number of carbonyl (C=O) groups excluding carboxylic acids is 1. The molecular formula is C41H57ClN4O6S. The van der Waals surface area contributed by atoms with Crippen molar-refractivity contribution in [2.45, 2.75) is 81.6 Å². The molecule has 53 heavy (non-hydrogen) atoms. The number of allylic oxidation sites excluding steroid dienone is 1. The fourth-order valence-corrected chi connectivity index (χ4v) is 10.3. The van der Waals surface area contributed by atoms with E-state index in [4.69, 9.17) is 25.8 Å². The van der Waals surface area contributed by atoms with Gasteiger partial charge in [0.1, 0.15) is 11.4 Å². The average molecular weight is 769 g/mol. The van der Waals surface area contributed by atoms with Crippen LogP contribution < -0.4 is 14.4 Å². The van der Waals surface area contributed by atoms with Crippen LogP contribution in [0.1, 0.15) is 74.4 Å². The van der Waals surface area contributed by atoms with Gasteiger partial charge in [0.05, 0.1) is 30.8 Å². The fraction of sp³-hybridized carbons (Fsp3) is 0.634. The molecule has 2 aromatic rings. The number of nitrogens with zero attached hydrogens (tertiary/aromatic N) is 3. The summed E-state index contributed by atoms with van der Waals surface area (Å²) in [5, 5.41) is 0.0123. The first kappa shape index (κ1) is 38.6. The van der Waals surface area contributed by atoms with E-state index in [9.17, 15) is 13.2 Å². The van der Waals surface area contributed by atoms with Crippen LogP contribution in [0, 0.1) is 11.8 Å². The molecule has 2 aromatic carbocycles. The minimum atomic E-state index is -3.80. The van der Waals surface area contributed by atoms with E-state index in [-0.39, 0.29) is 5.41 Å². The van der Waals surface area contributed by atoms with E-state index in [1.807, 2.05) is 25.3 Å². The smallest absolute Gasteiger partial charge is 0.264 e. The molecule has 5 atom stereocenters. The number of amides is 1. The number of nitrogens with one attached hydrogen (secondary N) is 1. The SMILES string of the molecule is CC/C=C/[C@](CN1CCN2CCOC[C@H]2C1)(OC)[C@@H]1CC[C@H]1CN1C[C@@]2(CCCc3cc(Cl)ccc32)COc2ccc(C(=O)NS(=O)(=O)C(C)C)cc21. The van der Waals surface area contributed by atoms with E-state index < -0.39 is 26.8 Å². The van der Waals surface area contributed by atoms with Crippen molar-refractivity contribution in [3.8, 4) is 5.75 Å². The number of benzene rings is 2. The number of aryl methyl sites for hydroxylation is 1. The standard InChI is InChI=1S/C41H57ClN4O6S/c1-5-6-16-41(50-4,27-44-17-18-45-19-20-51-25-34(45)24-44)36-12-9-32(36)23-46-26-40(15-7-8-30-21-33(42)11-13-35(30)40)28-52-38-14-10-31(22-37(38)46)39(47)43-53(48,49)29(2)3/h6,10-11,13-14,16,21-22,29,32,34,36H,5,7-9,12,15,17-20,23-28H2,1-4H3,(H,43,47)/b16-6+/t32-,34+,36+,40-,41+/m0/s1. The monoisotopic (exact) mass is 768 g/mol. The lowest BCUT2D eigenvalue weighted by Crippen LogP contribution is -2.62. The fourth-order valence-electron chi connectivity index (χ4n) is 9.47. The molecule has 10 nitrogen and oxygen atoms in total. The van der Waals surface area contributed by atoms with Crippen molar-refractivity contribution in [1.29, 1.82) is 0 Å². The number of methoxy groups -OCH3 is 1. The van der Waals surface area contributed by atoms with E-state index in [1.165, 1.54) is 11.1 Å². The Labute approximate surface area is 321 Å². The van der Waals surface area contributed by atoms with Crippen LogP contribution in [-0.4, -0.2) is 114 Å². The van der Waals surface area contributed by atoms with Gasteiger partial charge in [0, 0.05) is 75.0 Å². The van der Waals surface area contributed by atoms with Crippen molar-refractivity contribution in [1.82, 2.24) is 14.5 Å². The largest absolute Gasteiger partial charge is 0.490 e. The molecule has 5 aliphatic rings. The molecule has 2 saturated heterocycles. The van der Waals surface area contributed by atoms with E-state index in [0.717, 1.165) is 102 Å². The third-order valence-electron chi connectivity index (χ3n) is 12.7. The van der Waals surface area contributed by atoms with Gasteiger partial charge >= 0.3 is 0 Å². The number of hydrogen-bond acceptors (Lipinski definition) is 9. The van der Waals surface area contributed by atoms with Crippen LogP contribution in [0.4, 0.5) is 5.69 Å². The summed E-state index contributed by atoms with van der Waals surface area (Å²) in [5.74, 6) is 0.690. The van der Waals surface area contributed by atoms with E-state index >= 15 is 0 Å². The number of sulfonamides is 1. The Kier molecular flexibility index (Phi) is 11.5. The van der Waals surface area contributed by atoms with Gasteiger partial charge in [-0.15, -0.1) is 0 Å². The molecule has 1 spiro atoms. The number of piperazine rings is 1. The topological polar surface area (TPSA) is 101 Å². The summed E-state index contributed by atoms with van der Waals surface area (Å²) in [4.78, 5) is 21.0. The number of fused-ring (bicyclic) bond motifs is 4. The Morgan fingerprint density at radius 3 is 2.77 bits per heavy atom. The maximum Gasteiger partial charge on any atom is 0.264 e. The number of morpholine rings is 1. The molecule has 3 aliphatic heterocycles. The predicted octanol–water partition coefficient (Wildman–Crippen LogP) is 5.68. The molecule has 12 heteroatoms. The minimum Gasteiger partial charge on any atom is -0.490 e. The van der Waals surface area contributed by atoms with Gasteiger partial charge in [0.15, 0.2) is 0 Å². The van der Waals surface area contributed by atoms with Crippen molar-refractivity contribution in [3.05, 3.63) is 70.3 Å². The highest BCUT2D eigenvalue weighted by Crippen LogP contribution is 2.49. The molecule has 2 aliphatic carbocycles. The number of hydrogen-bond donors (Lipinski definition) is 1. The quantitative estimate of drug-likeness (QED) is 0.290. The predicted molar refractivity (Wildman–Crippen MR) is 210 cm³/mol. The molecular weight excluding hydrogens is 712 g/mol. The van der Waals surface area contributed by atoms with Gasteiger partial charge in [-0.05, 0) is 106 Å². The number of anilines is 1. The summed E-state index contributed by atoms with van der Waals surface area (Å²) >= 11 is 6.51. The molecule has 0 radical (unpaired) electrons. The normalized spacial score (nSPS) is 27.7. The summed E-state index contributed by atoms with van der Waals surface area (Å²) in [7, 11) is -1.93. The second-order valence-electron chi connectivity index (χ2n) is 16.2. The lowest BCUT2D eigenvalue weighted by molar-refractivity contribution is -0.108. The van der Waals surface area contributed by atoms with Gasteiger partial charge in [-0.3, -0.25) is 14.6 Å². The summed E-state index contributed by atoms with van der Waals surface area (Å²) in [6, 6.07) is 12.0. The second kappa shape index (κ2) is 15.8. The summed E-state index contributed by atoms with van der Waals surface area (Å²) in [6.07, 6.45) is 10.7. The minimum absolute atomic E-state index is 0.276. The molecule has 1 saturated carbocycles. The number of rotatable bonds is 11. The third-order valence-corrected chi connectivity index (χ3v) is 14.6. The molecule has 3 heterocycles. The highest BCUT2D eigenvalue weighted by Gasteiger charge is 2.50. The van der Waals surface area contributed by atoms with Gasteiger partial charge < -0.3 is 19.1 Å². The second-order valence-corrected chi connectivity index (χ2v) is 18.9. The van der Waals surface area contributed by atoms with E-state index in [2.05, 4.69) is 50.6 Å². The van der Waals surface area contributed by atoms with Crippen LogP contribution in [0.3, 0.4) is 0 Å². The molecule has 1 N–H and O–H groups in total. The van der Waals surface area contributed by atoms with Gasteiger partial charge in [-0.1, -0.05) is 36.7 Å². The molecule has 290 valence electrons. The first-order valence-electron chi connectivity index (χ1n) is 19.6. The maximum atomic E-state index is 13.4. The third kappa shape index (κ3) is 7.89. The molecule has 1 amide bonds. The van der Waals surface area contributed by atoms with Crippen LogP contribution in [0.5, 0.6) is 5.75 Å². The molecule has 0 aromatic heterocycles. The van der Waals surface area contributed by atoms with Crippen LogP contribution >= 0.6 is 11.6 Å². The first-order valence-corrected chi connectivity index (χ1v) is 21.5. The van der Waals surface area contributed by atoms with Crippen LogP contribution in [-0.2, 0) is 31.3 Å². The molecule has 0 unspecified atom stereocenters. The van der Waals surface area contributed by atoms with Crippen molar-refractivity contribution < 1.29 is 27.4 Å². The van der Waals surface area contributed by atoms with Crippen LogP contribution in [0.25, 0.3) is 0 Å². The first-order chi connectivity index (χ1) is 25.5. The lowest BCUT2D eigenvalue weighted by Gasteiger charge is -2.53. The molecule has 0 bridgehead atoms. The van der Waals surface area contributed by atoms with Crippen molar-refractivity contribution in [3.63, 3.8) is 0 Å². The van der Waals surface area contributed by atoms with Gasteiger partial charge in [-0.25, -0.2) is 13.1 Å². The van der Waals surface area contributed by atoms with Crippen LogP contribution in [0.15, 0.2) is 48.6 Å². The van der Waals surface area contributed by atoms with E-state index in [1.54, 1.807) is 19.9 Å². The summed E-state index contributed by atoms with van der Waals surface area (Å²) in [5.41, 5.74) is 2.94. The van der Waals surface area contributed by atoms with Crippen molar-refractivity contribution in [2.75, 3.05) is 77.6 Å². The molecule has 7 rings (SSSR count). The van der Waals surface area contributed by atoms with Gasteiger partial charge in [0.2, 0.25) is 10.0 Å². The zero-order valence-electron chi connectivity index (χ0n) is 31.8. The zero-order chi connectivity index (χ0) is 37.4. The Hall–Kier alpha value is -2.67. The van der Waals surface area contributed by atoms with Crippen LogP contribution in [0.2, 0.25) is 5.02 Å². The number of halogens is 1. The van der Waals surface area contributed by atoms with E-state index in [0.29, 0.717) is 42.3 Å². The Morgan fingerprint density at radius 2 is 2.02 bits per heavy atom. The Balaban J connectivity index is 1.21. The average Bonchev–Trinajstić information content (AvgIpc) is 3.28. The number of carbonyl (C=O) groups is 1. The summed E-state index contributed by atoms with van der Waals surface area (Å²) < 4.78 is 46.9. The Morgan fingerprint density at radius 1 is 1.17 bits per heavy atom.